The van der Waals surface area contributed by atoms with E-state index in [9.17, 15) is 9.59 Å². The lowest BCUT2D eigenvalue weighted by atomic mass is 10.1. The molecule has 0 aliphatic rings. The fourth-order valence-electron chi connectivity index (χ4n) is 2.70. The number of carbonyl (C=O) groups is 1. The van der Waals surface area contributed by atoms with Crippen molar-refractivity contribution in [2.75, 3.05) is 5.32 Å². The Balaban J connectivity index is 1.89. The van der Waals surface area contributed by atoms with Crippen molar-refractivity contribution in [3.05, 3.63) is 82.1 Å². The van der Waals surface area contributed by atoms with E-state index in [4.69, 9.17) is 0 Å². The maximum absolute atomic E-state index is 12.7. The summed E-state index contributed by atoms with van der Waals surface area (Å²) in [7, 11) is 0. The maximum Gasteiger partial charge on any atom is 0.267 e. The number of hydrogen-bond acceptors (Lipinski definition) is 3. The van der Waals surface area contributed by atoms with Crippen LogP contribution in [0.25, 0.3) is 11.3 Å². The molecule has 1 aromatic heterocycles. The number of carbonyl (C=O) groups excluding carboxylic acids is 1. The molecule has 0 bridgehead atoms. The monoisotopic (exact) mass is 347 g/mol. The smallest absolute Gasteiger partial charge is 0.267 e. The lowest BCUT2D eigenvalue weighted by molar-refractivity contribution is -0.119. The molecule has 132 valence electrons. The number of aromatic nitrogens is 2. The molecule has 1 amide bonds. The van der Waals surface area contributed by atoms with Gasteiger partial charge < -0.3 is 5.32 Å². The minimum absolute atomic E-state index is 0.279. The number of nitrogens with one attached hydrogen (secondary N) is 1. The quantitative estimate of drug-likeness (QED) is 0.782. The molecule has 0 fully saturated rings. The average Bonchev–Trinajstić information content (AvgIpc) is 2.66. The fraction of sp³-hybridized carbons (Fsp3) is 0.190. The Morgan fingerprint density at radius 3 is 2.46 bits per heavy atom. The number of amides is 1. The fourth-order valence-corrected chi connectivity index (χ4v) is 2.70. The first-order chi connectivity index (χ1) is 12.5. The second kappa shape index (κ2) is 7.35. The van der Waals surface area contributed by atoms with Crippen LogP contribution in [0.4, 0.5) is 5.69 Å². The van der Waals surface area contributed by atoms with Gasteiger partial charge in [-0.15, -0.1) is 0 Å². The van der Waals surface area contributed by atoms with E-state index in [2.05, 4.69) is 10.4 Å². The van der Waals surface area contributed by atoms with E-state index in [1.54, 1.807) is 13.0 Å². The van der Waals surface area contributed by atoms with Gasteiger partial charge >= 0.3 is 0 Å². The van der Waals surface area contributed by atoms with Crippen molar-refractivity contribution in [2.45, 2.75) is 26.8 Å². The molecule has 1 heterocycles. The van der Waals surface area contributed by atoms with Crippen molar-refractivity contribution in [3.63, 3.8) is 0 Å². The first kappa shape index (κ1) is 17.6. The Hall–Kier alpha value is -3.21. The molecule has 26 heavy (non-hydrogen) atoms. The maximum atomic E-state index is 12.7. The van der Waals surface area contributed by atoms with E-state index in [-0.39, 0.29) is 11.5 Å². The van der Waals surface area contributed by atoms with Crippen LogP contribution < -0.4 is 10.9 Å². The molecule has 1 atom stereocenters. The highest BCUT2D eigenvalue weighted by Gasteiger charge is 2.19. The Morgan fingerprint density at radius 1 is 1.00 bits per heavy atom. The summed E-state index contributed by atoms with van der Waals surface area (Å²) < 4.78 is 1.22. The third kappa shape index (κ3) is 3.57. The molecule has 5 heteroatoms. The highest BCUT2D eigenvalue weighted by molar-refractivity contribution is 5.94. The number of benzene rings is 2. The molecule has 0 aliphatic carbocycles. The number of nitrogens with zero attached hydrogens (tertiary/aromatic N) is 2. The van der Waals surface area contributed by atoms with Crippen LogP contribution in [0.1, 0.15) is 24.1 Å². The van der Waals surface area contributed by atoms with Crippen LogP contribution in [-0.2, 0) is 4.79 Å². The van der Waals surface area contributed by atoms with E-state index in [0.717, 1.165) is 22.4 Å². The minimum atomic E-state index is -0.730. The molecule has 3 rings (SSSR count). The first-order valence-electron chi connectivity index (χ1n) is 8.50. The Kier molecular flexibility index (Phi) is 4.98. The molecular weight excluding hydrogens is 326 g/mol. The largest absolute Gasteiger partial charge is 0.324 e. The molecule has 5 nitrogen and oxygen atoms in total. The summed E-state index contributed by atoms with van der Waals surface area (Å²) >= 11 is 0. The van der Waals surface area contributed by atoms with Gasteiger partial charge in [0.05, 0.1) is 5.69 Å². The van der Waals surface area contributed by atoms with E-state index in [1.165, 1.54) is 10.7 Å². The van der Waals surface area contributed by atoms with Gasteiger partial charge in [-0.3, -0.25) is 9.59 Å². The van der Waals surface area contributed by atoms with Crippen molar-refractivity contribution in [2.24, 2.45) is 0 Å². The van der Waals surface area contributed by atoms with Gasteiger partial charge in [-0.1, -0.05) is 42.5 Å². The molecule has 0 spiro atoms. The van der Waals surface area contributed by atoms with Crippen LogP contribution in [0.15, 0.2) is 65.5 Å². The SMILES string of the molecule is Cc1cccc(NC(=O)[C@H](C)n2nc(-c3ccccc3)ccc2=O)c1C. The Morgan fingerprint density at radius 2 is 1.73 bits per heavy atom. The zero-order valence-electron chi connectivity index (χ0n) is 15.1. The van der Waals surface area contributed by atoms with Crippen molar-refractivity contribution in [1.82, 2.24) is 9.78 Å². The van der Waals surface area contributed by atoms with Crippen LogP contribution in [0.2, 0.25) is 0 Å². The normalized spacial score (nSPS) is 11.8. The highest BCUT2D eigenvalue weighted by atomic mass is 16.2. The molecule has 0 saturated heterocycles. The summed E-state index contributed by atoms with van der Waals surface area (Å²) in [4.78, 5) is 24.9. The van der Waals surface area contributed by atoms with Gasteiger partial charge in [0.25, 0.3) is 5.56 Å². The van der Waals surface area contributed by atoms with Gasteiger partial charge in [-0.05, 0) is 44.0 Å². The highest BCUT2D eigenvalue weighted by Crippen LogP contribution is 2.20. The van der Waals surface area contributed by atoms with E-state index in [1.807, 2.05) is 62.4 Å². The van der Waals surface area contributed by atoms with Gasteiger partial charge in [-0.25, -0.2) is 4.68 Å². The Bertz CT molecular complexity index is 994. The molecule has 0 saturated carbocycles. The van der Waals surface area contributed by atoms with Gasteiger partial charge in [0.15, 0.2) is 0 Å². The summed E-state index contributed by atoms with van der Waals surface area (Å²) in [6.45, 7) is 5.61. The van der Waals surface area contributed by atoms with Gasteiger partial charge in [0, 0.05) is 17.3 Å². The van der Waals surface area contributed by atoms with Crippen LogP contribution in [0.5, 0.6) is 0 Å². The molecule has 2 aromatic carbocycles. The third-order valence-corrected chi connectivity index (χ3v) is 4.50. The topological polar surface area (TPSA) is 64.0 Å². The summed E-state index contributed by atoms with van der Waals surface area (Å²) in [5.74, 6) is -0.279. The number of aryl methyl sites for hydroxylation is 1. The van der Waals surface area contributed by atoms with E-state index >= 15 is 0 Å². The zero-order chi connectivity index (χ0) is 18.7. The van der Waals surface area contributed by atoms with Crippen molar-refractivity contribution in [1.29, 1.82) is 0 Å². The van der Waals surface area contributed by atoms with Crippen molar-refractivity contribution < 1.29 is 4.79 Å². The second-order valence-corrected chi connectivity index (χ2v) is 6.28. The van der Waals surface area contributed by atoms with Gasteiger partial charge in [-0.2, -0.15) is 5.10 Å². The standard InChI is InChI=1S/C21H21N3O2/c1-14-8-7-11-18(15(14)2)22-21(26)16(3)24-20(25)13-12-19(23-24)17-9-5-4-6-10-17/h4-13,16H,1-3H3,(H,22,26)/t16-/m0/s1. The zero-order valence-corrected chi connectivity index (χ0v) is 15.1. The summed E-state index contributed by atoms with van der Waals surface area (Å²) in [5, 5.41) is 7.29. The van der Waals surface area contributed by atoms with Gasteiger partial charge in [0.2, 0.25) is 5.91 Å². The van der Waals surface area contributed by atoms with Crippen LogP contribution >= 0.6 is 0 Å². The lowest BCUT2D eigenvalue weighted by Gasteiger charge is -2.16. The molecule has 3 aromatic rings. The van der Waals surface area contributed by atoms with Crippen LogP contribution in [-0.4, -0.2) is 15.7 Å². The molecule has 1 N–H and O–H groups in total. The van der Waals surface area contributed by atoms with Gasteiger partial charge in [0.1, 0.15) is 6.04 Å². The van der Waals surface area contributed by atoms with Crippen LogP contribution in [0.3, 0.4) is 0 Å². The lowest BCUT2D eigenvalue weighted by Crippen LogP contribution is -2.33. The summed E-state index contributed by atoms with van der Waals surface area (Å²) in [6.07, 6.45) is 0. The predicted octanol–water partition coefficient (Wildman–Crippen LogP) is 3.73. The van der Waals surface area contributed by atoms with Crippen molar-refractivity contribution in [3.8, 4) is 11.3 Å². The predicted molar refractivity (Wildman–Crippen MR) is 103 cm³/mol. The summed E-state index contributed by atoms with van der Waals surface area (Å²) in [5.41, 5.74) is 4.07. The molecule has 0 aliphatic heterocycles. The summed E-state index contributed by atoms with van der Waals surface area (Å²) in [6, 6.07) is 17.7. The third-order valence-electron chi connectivity index (χ3n) is 4.50. The van der Waals surface area contributed by atoms with Crippen LogP contribution in [0, 0.1) is 13.8 Å². The molecular formula is C21H21N3O2. The Labute approximate surface area is 152 Å². The molecule has 0 radical (unpaired) electrons. The first-order valence-corrected chi connectivity index (χ1v) is 8.50. The molecule has 0 unspecified atom stereocenters. The number of rotatable bonds is 4. The van der Waals surface area contributed by atoms with Crippen molar-refractivity contribution >= 4 is 11.6 Å². The minimum Gasteiger partial charge on any atom is -0.324 e. The van der Waals surface area contributed by atoms with E-state index in [0.29, 0.717) is 5.69 Å². The number of hydrogen-bond donors (Lipinski definition) is 1. The van der Waals surface area contributed by atoms with E-state index < -0.39 is 6.04 Å². The average molecular weight is 347 g/mol. The number of anilines is 1. The second-order valence-electron chi connectivity index (χ2n) is 6.28.